The van der Waals surface area contributed by atoms with E-state index in [9.17, 15) is 5.11 Å². The molecule has 21 heavy (non-hydrogen) atoms. The minimum atomic E-state index is 0.00658. The molecule has 0 saturated heterocycles. The highest BCUT2D eigenvalue weighted by atomic mass is 16.3. The van der Waals surface area contributed by atoms with Crippen molar-refractivity contribution in [1.82, 2.24) is 9.97 Å². The molecule has 1 heterocycles. The molecule has 0 amide bonds. The van der Waals surface area contributed by atoms with Crippen molar-refractivity contribution in [2.75, 3.05) is 23.8 Å². The lowest BCUT2D eigenvalue weighted by Crippen LogP contribution is -2.30. The highest BCUT2D eigenvalue weighted by molar-refractivity contribution is 5.57. The van der Waals surface area contributed by atoms with E-state index in [0.717, 1.165) is 48.8 Å². The van der Waals surface area contributed by atoms with Gasteiger partial charge < -0.3 is 15.7 Å². The molecule has 1 atom stereocenters. The van der Waals surface area contributed by atoms with E-state index in [-0.39, 0.29) is 12.6 Å². The summed E-state index contributed by atoms with van der Waals surface area (Å²) in [5.74, 6) is 2.92. The van der Waals surface area contributed by atoms with Gasteiger partial charge in [0.15, 0.2) is 0 Å². The molecule has 1 rings (SSSR count). The van der Waals surface area contributed by atoms with E-state index >= 15 is 0 Å². The molecule has 0 aliphatic heterocycles. The average Bonchev–Trinajstić information content (AvgIpc) is 2.45. The molecular weight excluding hydrogens is 264 g/mol. The molecule has 1 aromatic rings. The van der Waals surface area contributed by atoms with E-state index < -0.39 is 0 Å². The van der Waals surface area contributed by atoms with Crippen LogP contribution in [0.15, 0.2) is 0 Å². The topological polar surface area (TPSA) is 70.1 Å². The number of rotatable bonds is 9. The van der Waals surface area contributed by atoms with Gasteiger partial charge in [0.1, 0.15) is 17.5 Å². The second-order valence-corrected chi connectivity index (χ2v) is 5.82. The molecule has 0 aromatic carbocycles. The van der Waals surface area contributed by atoms with Crippen LogP contribution in [0, 0.1) is 12.8 Å². The standard InChI is InChI=1S/C16H30N4O/c1-6-8-14-19-15(17-9-7-2)12(5)16(20-14)18-13(10-21)11(3)4/h11,13,21H,6-10H2,1-5H3,(H2,17,18,19,20)/t13-/m1/s1. The zero-order valence-electron chi connectivity index (χ0n) is 14.0. The van der Waals surface area contributed by atoms with Gasteiger partial charge in [0.2, 0.25) is 0 Å². The van der Waals surface area contributed by atoms with E-state index in [2.05, 4.69) is 48.3 Å². The summed E-state index contributed by atoms with van der Waals surface area (Å²) in [6, 6.07) is 0.00658. The van der Waals surface area contributed by atoms with E-state index in [1.165, 1.54) is 0 Å². The summed E-state index contributed by atoms with van der Waals surface area (Å²) in [6.07, 6.45) is 2.94. The maximum absolute atomic E-state index is 9.51. The SMILES string of the molecule is CCCNc1nc(CCC)nc(N[C@H](CO)C(C)C)c1C. The maximum atomic E-state index is 9.51. The summed E-state index contributed by atoms with van der Waals surface area (Å²) >= 11 is 0. The van der Waals surface area contributed by atoms with E-state index in [1.807, 2.05) is 6.92 Å². The Morgan fingerprint density at radius 1 is 1.10 bits per heavy atom. The zero-order chi connectivity index (χ0) is 15.8. The van der Waals surface area contributed by atoms with Crippen LogP contribution >= 0.6 is 0 Å². The number of aliphatic hydroxyl groups is 1. The molecule has 1 aromatic heterocycles. The Morgan fingerprint density at radius 2 is 1.76 bits per heavy atom. The van der Waals surface area contributed by atoms with Gasteiger partial charge in [-0.1, -0.05) is 27.7 Å². The first-order valence-electron chi connectivity index (χ1n) is 8.02. The van der Waals surface area contributed by atoms with Gasteiger partial charge in [0.25, 0.3) is 0 Å². The molecule has 0 radical (unpaired) electrons. The summed E-state index contributed by atoms with van der Waals surface area (Å²) < 4.78 is 0. The van der Waals surface area contributed by atoms with Gasteiger partial charge in [-0.05, 0) is 25.7 Å². The van der Waals surface area contributed by atoms with Crippen LogP contribution in [-0.4, -0.2) is 34.3 Å². The summed E-state index contributed by atoms with van der Waals surface area (Å²) in [6.45, 7) is 11.5. The third-order valence-corrected chi connectivity index (χ3v) is 3.53. The van der Waals surface area contributed by atoms with E-state index in [1.54, 1.807) is 0 Å². The first-order chi connectivity index (χ1) is 10.0. The first kappa shape index (κ1) is 17.7. The molecule has 5 nitrogen and oxygen atoms in total. The minimum absolute atomic E-state index is 0.00658. The fourth-order valence-electron chi connectivity index (χ4n) is 2.05. The monoisotopic (exact) mass is 294 g/mol. The van der Waals surface area contributed by atoms with Crippen molar-refractivity contribution in [2.24, 2.45) is 5.92 Å². The lowest BCUT2D eigenvalue weighted by Gasteiger charge is -2.23. The van der Waals surface area contributed by atoms with Gasteiger partial charge in [-0.3, -0.25) is 0 Å². The Hall–Kier alpha value is -1.36. The number of anilines is 2. The maximum Gasteiger partial charge on any atom is 0.135 e. The second kappa shape index (κ2) is 8.82. The van der Waals surface area contributed by atoms with Crippen LogP contribution in [0.25, 0.3) is 0 Å². The fraction of sp³-hybridized carbons (Fsp3) is 0.750. The lowest BCUT2D eigenvalue weighted by molar-refractivity contribution is 0.249. The first-order valence-corrected chi connectivity index (χ1v) is 8.02. The third-order valence-electron chi connectivity index (χ3n) is 3.53. The van der Waals surface area contributed by atoms with E-state index in [0.29, 0.717) is 5.92 Å². The molecular formula is C16H30N4O. The van der Waals surface area contributed by atoms with Crippen LogP contribution in [0.2, 0.25) is 0 Å². The fourth-order valence-corrected chi connectivity index (χ4v) is 2.05. The Morgan fingerprint density at radius 3 is 2.29 bits per heavy atom. The number of hydrogen-bond acceptors (Lipinski definition) is 5. The van der Waals surface area contributed by atoms with Crippen LogP contribution < -0.4 is 10.6 Å². The van der Waals surface area contributed by atoms with Gasteiger partial charge in [0, 0.05) is 18.5 Å². The van der Waals surface area contributed by atoms with Gasteiger partial charge in [-0.25, -0.2) is 9.97 Å². The zero-order valence-corrected chi connectivity index (χ0v) is 14.0. The van der Waals surface area contributed by atoms with Crippen molar-refractivity contribution in [1.29, 1.82) is 0 Å². The van der Waals surface area contributed by atoms with Gasteiger partial charge in [-0.2, -0.15) is 0 Å². The van der Waals surface area contributed by atoms with Crippen LogP contribution in [0.5, 0.6) is 0 Å². The smallest absolute Gasteiger partial charge is 0.135 e. The van der Waals surface area contributed by atoms with Gasteiger partial charge in [0.05, 0.1) is 12.6 Å². The number of nitrogens with zero attached hydrogens (tertiary/aromatic N) is 2. The molecule has 5 heteroatoms. The minimum Gasteiger partial charge on any atom is -0.394 e. The van der Waals surface area contributed by atoms with Crippen LogP contribution in [-0.2, 0) is 6.42 Å². The molecule has 0 aliphatic carbocycles. The molecule has 0 spiro atoms. The summed E-state index contributed by atoms with van der Waals surface area (Å²) in [5.41, 5.74) is 1.02. The number of aryl methyl sites for hydroxylation is 1. The summed E-state index contributed by atoms with van der Waals surface area (Å²) in [4.78, 5) is 9.24. The molecule has 0 bridgehead atoms. The quantitative estimate of drug-likeness (QED) is 0.653. The molecule has 0 unspecified atom stereocenters. The van der Waals surface area contributed by atoms with Crippen molar-refractivity contribution in [3.63, 3.8) is 0 Å². The van der Waals surface area contributed by atoms with Crippen molar-refractivity contribution < 1.29 is 5.11 Å². The Bertz CT molecular complexity index is 435. The molecule has 3 N–H and O–H groups in total. The predicted molar refractivity (Wildman–Crippen MR) is 88.9 cm³/mol. The van der Waals surface area contributed by atoms with Crippen molar-refractivity contribution in [3.8, 4) is 0 Å². The Labute approximate surface area is 128 Å². The number of hydrogen-bond donors (Lipinski definition) is 3. The number of aromatic nitrogens is 2. The number of nitrogens with one attached hydrogen (secondary N) is 2. The molecule has 0 aliphatic rings. The molecule has 0 fully saturated rings. The second-order valence-electron chi connectivity index (χ2n) is 5.82. The highest BCUT2D eigenvalue weighted by Crippen LogP contribution is 2.22. The average molecular weight is 294 g/mol. The van der Waals surface area contributed by atoms with Crippen LogP contribution in [0.4, 0.5) is 11.6 Å². The Balaban J connectivity index is 3.06. The van der Waals surface area contributed by atoms with Gasteiger partial charge >= 0.3 is 0 Å². The number of aliphatic hydroxyl groups excluding tert-OH is 1. The largest absolute Gasteiger partial charge is 0.394 e. The van der Waals surface area contributed by atoms with Crippen molar-refractivity contribution >= 4 is 11.6 Å². The summed E-state index contributed by atoms with van der Waals surface area (Å²) in [7, 11) is 0. The normalized spacial score (nSPS) is 12.5. The molecule has 120 valence electrons. The van der Waals surface area contributed by atoms with E-state index in [4.69, 9.17) is 0 Å². The van der Waals surface area contributed by atoms with Crippen LogP contribution in [0.3, 0.4) is 0 Å². The van der Waals surface area contributed by atoms with Gasteiger partial charge in [-0.15, -0.1) is 0 Å². The van der Waals surface area contributed by atoms with Crippen LogP contribution in [0.1, 0.15) is 51.9 Å². The van der Waals surface area contributed by atoms with Crippen molar-refractivity contribution in [2.45, 2.75) is 59.9 Å². The highest BCUT2D eigenvalue weighted by Gasteiger charge is 2.16. The predicted octanol–water partition coefficient (Wildman–Crippen LogP) is 2.99. The molecule has 0 saturated carbocycles. The summed E-state index contributed by atoms with van der Waals surface area (Å²) in [5, 5.41) is 16.3. The lowest BCUT2D eigenvalue weighted by atomic mass is 10.1. The Kier molecular flexibility index (Phi) is 7.43. The van der Waals surface area contributed by atoms with Crippen molar-refractivity contribution in [3.05, 3.63) is 11.4 Å². The third kappa shape index (κ3) is 5.16.